The molecule has 140 valence electrons. The molecular weight excluding hydrogens is 371 g/mol. The first-order valence-corrected chi connectivity index (χ1v) is 8.94. The number of thiazole rings is 1. The fraction of sp³-hybridized carbons (Fsp3) is 0.222. The summed E-state index contributed by atoms with van der Waals surface area (Å²) in [5.41, 5.74) is 0.856. The van der Waals surface area contributed by atoms with Crippen LogP contribution in [-0.2, 0) is 0 Å². The van der Waals surface area contributed by atoms with Crippen LogP contribution in [0.4, 0.5) is 15.2 Å². The summed E-state index contributed by atoms with van der Waals surface area (Å²) < 4.78 is 14.1. The Bertz CT molecular complexity index is 988. The van der Waals surface area contributed by atoms with E-state index in [9.17, 15) is 19.3 Å². The number of benzene rings is 2. The summed E-state index contributed by atoms with van der Waals surface area (Å²) in [5.74, 6) is -0.675. The van der Waals surface area contributed by atoms with Gasteiger partial charge in [-0.25, -0.2) is 9.37 Å². The summed E-state index contributed by atoms with van der Waals surface area (Å²) in [7, 11) is 3.78. The molecule has 1 amide bonds. The predicted octanol–water partition coefficient (Wildman–Crippen LogP) is 3.55. The zero-order chi connectivity index (χ0) is 19.6. The molecule has 27 heavy (non-hydrogen) atoms. The normalized spacial score (nSPS) is 11.1. The van der Waals surface area contributed by atoms with Gasteiger partial charge in [0, 0.05) is 30.8 Å². The number of carbonyl (C=O) groups is 1. The van der Waals surface area contributed by atoms with Crippen LogP contribution in [0.15, 0.2) is 42.5 Å². The van der Waals surface area contributed by atoms with Gasteiger partial charge in [0.25, 0.3) is 11.6 Å². The molecule has 0 saturated carbocycles. The molecule has 0 aliphatic heterocycles. The Labute approximate surface area is 158 Å². The Kier molecular flexibility index (Phi) is 5.43. The molecule has 0 aliphatic rings. The Morgan fingerprint density at radius 2 is 1.89 bits per heavy atom. The third-order valence-corrected chi connectivity index (χ3v) is 4.95. The second kappa shape index (κ2) is 7.77. The maximum atomic E-state index is 13.5. The van der Waals surface area contributed by atoms with E-state index in [2.05, 4.69) is 4.98 Å². The number of nitro benzene ring substituents is 1. The molecule has 0 unspecified atom stereocenters. The van der Waals surface area contributed by atoms with Crippen molar-refractivity contribution in [2.24, 2.45) is 0 Å². The highest BCUT2D eigenvalue weighted by Gasteiger charge is 2.22. The van der Waals surface area contributed by atoms with E-state index in [-0.39, 0.29) is 17.4 Å². The van der Waals surface area contributed by atoms with E-state index in [4.69, 9.17) is 0 Å². The molecule has 0 radical (unpaired) electrons. The number of likely N-dealkylation sites (N-methyl/N-ethyl adjacent to an activating group) is 1. The second-order valence-electron chi connectivity index (χ2n) is 6.17. The maximum absolute atomic E-state index is 13.5. The summed E-state index contributed by atoms with van der Waals surface area (Å²) in [6.07, 6.45) is 0. The van der Waals surface area contributed by atoms with E-state index in [0.29, 0.717) is 34.0 Å². The number of nitro groups is 1. The van der Waals surface area contributed by atoms with Crippen LogP contribution in [0, 0.1) is 15.9 Å². The second-order valence-corrected chi connectivity index (χ2v) is 7.18. The standard InChI is InChI=1S/C18H17FN4O3S/c1-21(2)9-10-22(17(24)12-3-6-14(7-4-12)23(25)26)18-20-15-8-5-13(19)11-16(15)27-18/h3-8,11H,9-10H2,1-2H3. The van der Waals surface area contributed by atoms with Crippen molar-refractivity contribution in [2.45, 2.75) is 0 Å². The highest BCUT2D eigenvalue weighted by molar-refractivity contribution is 7.22. The third-order valence-electron chi connectivity index (χ3n) is 3.91. The van der Waals surface area contributed by atoms with Crippen LogP contribution in [0.3, 0.4) is 0 Å². The number of hydrogen-bond acceptors (Lipinski definition) is 6. The molecule has 0 N–H and O–H groups in total. The van der Waals surface area contributed by atoms with Crippen molar-refractivity contribution in [2.75, 3.05) is 32.1 Å². The van der Waals surface area contributed by atoms with Gasteiger partial charge in [-0.15, -0.1) is 0 Å². The van der Waals surface area contributed by atoms with Crippen LogP contribution < -0.4 is 4.90 Å². The number of hydrogen-bond donors (Lipinski definition) is 0. The number of aromatic nitrogens is 1. The first-order valence-electron chi connectivity index (χ1n) is 8.12. The lowest BCUT2D eigenvalue weighted by Crippen LogP contribution is -2.36. The first-order chi connectivity index (χ1) is 12.8. The minimum absolute atomic E-state index is 0.0816. The minimum Gasteiger partial charge on any atom is -0.308 e. The smallest absolute Gasteiger partial charge is 0.269 e. The molecule has 0 saturated heterocycles. The molecule has 1 heterocycles. The van der Waals surface area contributed by atoms with Crippen LogP contribution in [0.2, 0.25) is 0 Å². The van der Waals surface area contributed by atoms with Gasteiger partial charge in [0.05, 0.1) is 15.1 Å². The zero-order valence-electron chi connectivity index (χ0n) is 14.8. The molecule has 0 fully saturated rings. The number of amides is 1. The van der Waals surface area contributed by atoms with Crippen LogP contribution in [-0.4, -0.2) is 47.9 Å². The quantitative estimate of drug-likeness (QED) is 0.477. The lowest BCUT2D eigenvalue weighted by molar-refractivity contribution is -0.384. The van der Waals surface area contributed by atoms with Crippen molar-refractivity contribution in [1.29, 1.82) is 0 Å². The van der Waals surface area contributed by atoms with E-state index in [1.54, 1.807) is 6.07 Å². The Morgan fingerprint density at radius 1 is 1.19 bits per heavy atom. The molecule has 3 rings (SSSR count). The zero-order valence-corrected chi connectivity index (χ0v) is 15.6. The number of fused-ring (bicyclic) bond motifs is 1. The van der Waals surface area contributed by atoms with Gasteiger partial charge in [-0.3, -0.25) is 19.8 Å². The fourth-order valence-electron chi connectivity index (χ4n) is 2.47. The Balaban J connectivity index is 1.95. The maximum Gasteiger partial charge on any atom is 0.269 e. The number of anilines is 1. The Hall–Kier alpha value is -2.91. The Morgan fingerprint density at radius 3 is 2.52 bits per heavy atom. The summed E-state index contributed by atoms with van der Waals surface area (Å²) in [6.45, 7) is 0.980. The lowest BCUT2D eigenvalue weighted by atomic mass is 10.2. The van der Waals surface area contributed by atoms with Crippen molar-refractivity contribution < 1.29 is 14.1 Å². The number of halogens is 1. The minimum atomic E-state index is -0.514. The van der Waals surface area contributed by atoms with Gasteiger partial charge in [0.15, 0.2) is 5.13 Å². The number of non-ortho nitro benzene ring substituents is 1. The molecule has 7 nitrogen and oxygen atoms in total. The van der Waals surface area contributed by atoms with Crippen molar-refractivity contribution >= 4 is 38.3 Å². The molecule has 9 heteroatoms. The van der Waals surface area contributed by atoms with E-state index in [1.807, 2.05) is 19.0 Å². The molecule has 3 aromatic rings. The van der Waals surface area contributed by atoms with Crippen LogP contribution in [0.25, 0.3) is 10.2 Å². The largest absolute Gasteiger partial charge is 0.308 e. The molecule has 0 aliphatic carbocycles. The average Bonchev–Trinajstić information content (AvgIpc) is 3.04. The molecule has 2 aromatic carbocycles. The van der Waals surface area contributed by atoms with Crippen molar-refractivity contribution in [1.82, 2.24) is 9.88 Å². The van der Waals surface area contributed by atoms with Crippen LogP contribution in [0.1, 0.15) is 10.4 Å². The van der Waals surface area contributed by atoms with Gasteiger partial charge in [-0.1, -0.05) is 11.3 Å². The lowest BCUT2D eigenvalue weighted by Gasteiger charge is -2.22. The van der Waals surface area contributed by atoms with E-state index < -0.39 is 4.92 Å². The molecule has 0 spiro atoms. The van der Waals surface area contributed by atoms with Gasteiger partial charge in [-0.2, -0.15) is 0 Å². The predicted molar refractivity (Wildman–Crippen MR) is 103 cm³/mol. The highest BCUT2D eigenvalue weighted by atomic mass is 32.1. The molecule has 0 bridgehead atoms. The summed E-state index contributed by atoms with van der Waals surface area (Å²) in [6, 6.07) is 9.73. The van der Waals surface area contributed by atoms with Crippen molar-refractivity contribution in [3.63, 3.8) is 0 Å². The highest BCUT2D eigenvalue weighted by Crippen LogP contribution is 2.30. The average molecular weight is 388 g/mol. The van der Waals surface area contributed by atoms with Crippen molar-refractivity contribution in [3.05, 3.63) is 64.0 Å². The SMILES string of the molecule is CN(C)CCN(C(=O)c1ccc([N+](=O)[O-])cc1)c1nc2ccc(F)cc2s1. The van der Waals surface area contributed by atoms with Gasteiger partial charge in [0.1, 0.15) is 5.82 Å². The van der Waals surface area contributed by atoms with Crippen molar-refractivity contribution in [3.8, 4) is 0 Å². The molecule has 0 atom stereocenters. The van der Waals surface area contributed by atoms with Gasteiger partial charge < -0.3 is 4.90 Å². The summed E-state index contributed by atoms with van der Waals surface area (Å²) in [4.78, 5) is 31.2. The molecular formula is C18H17FN4O3S. The third kappa shape index (κ3) is 4.26. The van der Waals surface area contributed by atoms with Gasteiger partial charge in [-0.05, 0) is 44.4 Å². The molecule has 1 aromatic heterocycles. The first kappa shape index (κ1) is 18.9. The summed E-state index contributed by atoms with van der Waals surface area (Å²) >= 11 is 1.23. The summed E-state index contributed by atoms with van der Waals surface area (Å²) in [5, 5.41) is 11.3. The topological polar surface area (TPSA) is 79.6 Å². The monoisotopic (exact) mass is 388 g/mol. The number of rotatable bonds is 6. The number of nitrogens with zero attached hydrogens (tertiary/aromatic N) is 4. The van der Waals surface area contributed by atoms with Gasteiger partial charge >= 0.3 is 0 Å². The van der Waals surface area contributed by atoms with E-state index in [1.165, 1.54) is 52.6 Å². The number of carbonyl (C=O) groups excluding carboxylic acids is 1. The fourth-order valence-corrected chi connectivity index (χ4v) is 3.48. The van der Waals surface area contributed by atoms with E-state index >= 15 is 0 Å². The van der Waals surface area contributed by atoms with Crippen LogP contribution in [0.5, 0.6) is 0 Å². The van der Waals surface area contributed by atoms with Gasteiger partial charge in [0.2, 0.25) is 0 Å². The van der Waals surface area contributed by atoms with Crippen LogP contribution >= 0.6 is 11.3 Å². The van der Waals surface area contributed by atoms with E-state index in [0.717, 1.165) is 0 Å².